The zero-order chi connectivity index (χ0) is 24.7. The number of aromatic nitrogens is 2. The molecule has 1 heterocycles. The second-order valence-electron chi connectivity index (χ2n) is 8.89. The van der Waals surface area contributed by atoms with E-state index in [1.165, 1.54) is 31.2 Å². The molecule has 8 heteroatoms. The maximum Gasteiger partial charge on any atom is 0.421 e. The van der Waals surface area contributed by atoms with Gasteiger partial charge in [0.25, 0.3) is 0 Å². The lowest BCUT2D eigenvalue weighted by atomic mass is 9.98. The third kappa shape index (κ3) is 6.87. The van der Waals surface area contributed by atoms with Crippen molar-refractivity contribution in [3.63, 3.8) is 0 Å². The molecule has 0 radical (unpaired) electrons. The lowest BCUT2D eigenvalue weighted by Crippen LogP contribution is -2.12. The van der Waals surface area contributed by atoms with Crippen molar-refractivity contribution in [3.8, 4) is 5.75 Å². The first-order valence-corrected chi connectivity index (χ1v) is 12.2. The van der Waals surface area contributed by atoms with Crippen molar-refractivity contribution in [2.24, 2.45) is 0 Å². The number of benzene rings is 2. The van der Waals surface area contributed by atoms with Gasteiger partial charge in [0.05, 0.1) is 6.61 Å². The number of hydrogen-bond acceptors (Lipinski definition) is 5. The third-order valence-electron chi connectivity index (χ3n) is 6.22. The number of alkyl halides is 3. The Morgan fingerprint density at radius 3 is 2.23 bits per heavy atom. The molecule has 3 aromatic rings. The van der Waals surface area contributed by atoms with Crippen molar-refractivity contribution < 1.29 is 17.9 Å². The van der Waals surface area contributed by atoms with E-state index in [9.17, 15) is 13.2 Å². The second kappa shape index (κ2) is 11.4. The summed E-state index contributed by atoms with van der Waals surface area (Å²) in [6.45, 7) is 2.73. The molecule has 1 aliphatic rings. The Balaban J connectivity index is 1.47. The molecule has 35 heavy (non-hydrogen) atoms. The summed E-state index contributed by atoms with van der Waals surface area (Å²) in [5, 5.41) is 5.81. The largest absolute Gasteiger partial charge is 0.494 e. The van der Waals surface area contributed by atoms with Gasteiger partial charge in [0.15, 0.2) is 0 Å². The molecule has 0 bridgehead atoms. The zero-order valence-corrected chi connectivity index (χ0v) is 19.9. The van der Waals surface area contributed by atoms with Crippen molar-refractivity contribution in [2.75, 3.05) is 17.2 Å². The molecular weight excluding hydrogens is 453 g/mol. The second-order valence-corrected chi connectivity index (χ2v) is 8.89. The van der Waals surface area contributed by atoms with Gasteiger partial charge in [-0.1, -0.05) is 44.7 Å². The van der Waals surface area contributed by atoms with Crippen LogP contribution in [0.3, 0.4) is 0 Å². The van der Waals surface area contributed by atoms with Crippen LogP contribution in [0.15, 0.2) is 54.7 Å². The van der Waals surface area contributed by atoms with E-state index in [4.69, 9.17) is 4.74 Å². The van der Waals surface area contributed by atoms with Gasteiger partial charge in [-0.05, 0) is 67.1 Å². The van der Waals surface area contributed by atoms with E-state index in [1.807, 2.05) is 12.1 Å². The van der Waals surface area contributed by atoms with Crippen LogP contribution in [-0.4, -0.2) is 16.6 Å². The van der Waals surface area contributed by atoms with Gasteiger partial charge in [0.2, 0.25) is 5.95 Å². The van der Waals surface area contributed by atoms with E-state index in [1.54, 1.807) is 24.3 Å². The van der Waals surface area contributed by atoms with E-state index in [0.717, 1.165) is 31.1 Å². The highest BCUT2D eigenvalue weighted by Gasteiger charge is 2.35. The van der Waals surface area contributed by atoms with E-state index in [-0.39, 0.29) is 11.8 Å². The third-order valence-corrected chi connectivity index (χ3v) is 6.22. The van der Waals surface area contributed by atoms with Gasteiger partial charge in [0, 0.05) is 17.6 Å². The Hall–Kier alpha value is -3.29. The molecule has 0 aliphatic heterocycles. The van der Waals surface area contributed by atoms with E-state index in [0.29, 0.717) is 24.0 Å². The van der Waals surface area contributed by atoms with Gasteiger partial charge < -0.3 is 15.4 Å². The highest BCUT2D eigenvalue weighted by Crippen LogP contribution is 2.36. The molecule has 186 valence electrons. The Morgan fingerprint density at radius 1 is 0.914 bits per heavy atom. The maximum atomic E-state index is 13.6. The molecule has 4 rings (SSSR count). The van der Waals surface area contributed by atoms with Gasteiger partial charge in [-0.3, -0.25) is 0 Å². The van der Waals surface area contributed by atoms with E-state index in [2.05, 4.69) is 39.7 Å². The van der Waals surface area contributed by atoms with Gasteiger partial charge in [-0.2, -0.15) is 18.2 Å². The molecule has 1 aromatic heterocycles. The van der Waals surface area contributed by atoms with Gasteiger partial charge in [-0.15, -0.1) is 0 Å². The molecule has 1 aliphatic carbocycles. The Bertz CT molecular complexity index is 1080. The van der Waals surface area contributed by atoms with Crippen LogP contribution < -0.4 is 15.4 Å². The van der Waals surface area contributed by atoms with E-state index >= 15 is 0 Å². The molecule has 1 saturated carbocycles. The van der Waals surface area contributed by atoms with Crippen molar-refractivity contribution >= 4 is 23.1 Å². The van der Waals surface area contributed by atoms with E-state index < -0.39 is 11.7 Å². The highest BCUT2D eigenvalue weighted by molar-refractivity contribution is 5.63. The zero-order valence-electron chi connectivity index (χ0n) is 19.9. The van der Waals surface area contributed by atoms with Crippen molar-refractivity contribution in [2.45, 2.75) is 64.0 Å². The minimum atomic E-state index is -4.59. The SMILES string of the molecule is CCCCCOc1ccc(Nc2nc(Nc3ccc(C4CCCC4)cc3)ncc2C(F)(F)F)cc1. The lowest BCUT2D eigenvalue weighted by Gasteiger charge is -2.15. The summed E-state index contributed by atoms with van der Waals surface area (Å²) >= 11 is 0. The average molecular weight is 485 g/mol. The first kappa shape index (κ1) is 24.8. The summed E-state index contributed by atoms with van der Waals surface area (Å²) in [6.07, 6.45) is 4.30. The number of halogens is 3. The van der Waals surface area contributed by atoms with Crippen LogP contribution in [0.4, 0.5) is 36.3 Å². The number of rotatable bonds is 10. The summed E-state index contributed by atoms with van der Waals surface area (Å²) in [5.41, 5.74) is 1.56. The van der Waals surface area contributed by atoms with Crippen LogP contribution >= 0.6 is 0 Å². The Labute approximate surface area is 204 Å². The van der Waals surface area contributed by atoms with Crippen LogP contribution in [0.5, 0.6) is 5.75 Å². The number of anilines is 4. The fourth-order valence-electron chi connectivity index (χ4n) is 4.28. The number of nitrogens with one attached hydrogen (secondary N) is 2. The minimum Gasteiger partial charge on any atom is -0.494 e. The summed E-state index contributed by atoms with van der Waals surface area (Å²) in [6, 6.07) is 14.8. The van der Waals surface area contributed by atoms with Crippen LogP contribution in [0.25, 0.3) is 0 Å². The lowest BCUT2D eigenvalue weighted by molar-refractivity contribution is -0.137. The summed E-state index contributed by atoms with van der Waals surface area (Å²) in [4.78, 5) is 8.04. The molecule has 0 amide bonds. The first-order valence-electron chi connectivity index (χ1n) is 12.2. The smallest absolute Gasteiger partial charge is 0.421 e. The fourth-order valence-corrected chi connectivity index (χ4v) is 4.28. The molecule has 2 aromatic carbocycles. The Morgan fingerprint density at radius 2 is 1.57 bits per heavy atom. The predicted molar refractivity (Wildman–Crippen MR) is 133 cm³/mol. The standard InChI is InChI=1S/C27H31F3N4O/c1-2-3-6-17-35-23-15-13-21(14-16-23)32-25-24(27(28,29)30)18-31-26(34-25)33-22-11-9-20(10-12-22)19-7-4-5-8-19/h9-16,18-19H,2-8,17H2,1H3,(H2,31,32,33,34). The number of nitrogens with zero attached hydrogens (tertiary/aromatic N) is 2. The minimum absolute atomic E-state index is 0.0880. The molecule has 0 unspecified atom stereocenters. The molecule has 0 spiro atoms. The quantitative estimate of drug-likeness (QED) is 0.284. The number of hydrogen-bond donors (Lipinski definition) is 2. The highest BCUT2D eigenvalue weighted by atomic mass is 19.4. The number of ether oxygens (including phenoxy) is 1. The van der Waals surface area contributed by atoms with Crippen molar-refractivity contribution in [1.82, 2.24) is 9.97 Å². The summed E-state index contributed by atoms with van der Waals surface area (Å²) in [7, 11) is 0. The topological polar surface area (TPSA) is 59.1 Å². The van der Waals surface area contributed by atoms with Gasteiger partial charge in [-0.25, -0.2) is 4.98 Å². The molecule has 0 atom stereocenters. The average Bonchev–Trinajstić information content (AvgIpc) is 3.38. The predicted octanol–water partition coefficient (Wildman–Crippen LogP) is 8.21. The monoisotopic (exact) mass is 484 g/mol. The first-order chi connectivity index (χ1) is 16.9. The van der Waals surface area contributed by atoms with Crippen LogP contribution in [-0.2, 0) is 6.18 Å². The normalized spacial score (nSPS) is 14.2. The fraction of sp³-hybridized carbons (Fsp3) is 0.407. The molecule has 5 nitrogen and oxygen atoms in total. The maximum absolute atomic E-state index is 13.6. The van der Waals surface area contributed by atoms with Gasteiger partial charge in [0.1, 0.15) is 17.1 Å². The van der Waals surface area contributed by atoms with Gasteiger partial charge >= 0.3 is 6.18 Å². The summed E-state index contributed by atoms with van der Waals surface area (Å²) < 4.78 is 46.5. The number of unbranched alkanes of at least 4 members (excludes halogenated alkanes) is 2. The summed E-state index contributed by atoms with van der Waals surface area (Å²) in [5.74, 6) is 1.04. The van der Waals surface area contributed by atoms with Crippen molar-refractivity contribution in [3.05, 3.63) is 65.9 Å². The van der Waals surface area contributed by atoms with Crippen molar-refractivity contribution in [1.29, 1.82) is 0 Å². The van der Waals surface area contributed by atoms with Crippen LogP contribution in [0.2, 0.25) is 0 Å². The van der Waals surface area contributed by atoms with Crippen LogP contribution in [0, 0.1) is 0 Å². The molecule has 1 fully saturated rings. The molecular formula is C27H31F3N4O. The van der Waals surface area contributed by atoms with Crippen LogP contribution in [0.1, 0.15) is 68.9 Å². The molecule has 2 N–H and O–H groups in total. The molecule has 0 saturated heterocycles. The Kier molecular flexibility index (Phi) is 8.10.